The Kier molecular flexibility index (Phi) is 5.37. The van der Waals surface area contributed by atoms with E-state index >= 15 is 0 Å². The largest absolute Gasteiger partial charge is 0.360 e. The van der Waals surface area contributed by atoms with Crippen LogP contribution < -0.4 is 15.5 Å². The summed E-state index contributed by atoms with van der Waals surface area (Å²) in [5, 5.41) is 5.23. The Morgan fingerprint density at radius 2 is 1.88 bits per heavy atom. The van der Waals surface area contributed by atoms with Crippen molar-refractivity contribution >= 4 is 29.1 Å². The molecule has 0 spiro atoms. The van der Waals surface area contributed by atoms with Crippen LogP contribution in [-0.4, -0.2) is 31.4 Å². The molecule has 1 saturated heterocycles. The third-order valence-electron chi connectivity index (χ3n) is 4.05. The molecule has 0 unspecified atom stereocenters. The molecule has 136 valence electrons. The summed E-state index contributed by atoms with van der Waals surface area (Å²) in [4.78, 5) is 25.5. The van der Waals surface area contributed by atoms with Gasteiger partial charge in [-0.3, -0.25) is 9.59 Å². The van der Waals surface area contributed by atoms with Gasteiger partial charge in [-0.1, -0.05) is 23.7 Å². The van der Waals surface area contributed by atoms with Gasteiger partial charge in [0.15, 0.2) is 11.6 Å². The molecule has 1 aliphatic heterocycles. The molecular weight excluding hydrogens is 364 g/mol. The van der Waals surface area contributed by atoms with Crippen LogP contribution in [0.2, 0.25) is 5.02 Å². The molecule has 5 nitrogen and oxygen atoms in total. The highest BCUT2D eigenvalue weighted by Gasteiger charge is 2.17. The van der Waals surface area contributed by atoms with Crippen LogP contribution in [0.15, 0.2) is 36.4 Å². The Morgan fingerprint density at radius 3 is 2.58 bits per heavy atom. The first-order chi connectivity index (χ1) is 12.4. The van der Waals surface area contributed by atoms with E-state index in [0.29, 0.717) is 13.1 Å². The molecule has 3 rings (SSSR count). The fourth-order valence-corrected chi connectivity index (χ4v) is 2.89. The van der Waals surface area contributed by atoms with E-state index < -0.39 is 17.5 Å². The number of nitrogens with one attached hydrogen (secondary N) is 2. The maximum Gasteiger partial charge on any atom is 0.253 e. The van der Waals surface area contributed by atoms with E-state index in [9.17, 15) is 18.4 Å². The van der Waals surface area contributed by atoms with Crippen molar-refractivity contribution in [1.29, 1.82) is 0 Å². The third kappa shape index (κ3) is 4.11. The lowest BCUT2D eigenvalue weighted by molar-refractivity contribution is -0.120. The molecule has 2 aromatic carbocycles. The standard InChI is InChI=1S/C18H16ClF2N3O2/c19-14-8-16(21)15(20)7-13(14)18(26)23-9-11-1-3-12(4-2-11)24-6-5-22-17(25)10-24/h1-4,7-8H,5-6,9-10H2,(H,22,25)(H,23,26). The first-order valence-corrected chi connectivity index (χ1v) is 8.35. The van der Waals surface area contributed by atoms with E-state index in [0.717, 1.165) is 29.9 Å². The van der Waals surface area contributed by atoms with Gasteiger partial charge in [-0.2, -0.15) is 0 Å². The summed E-state index contributed by atoms with van der Waals surface area (Å²) in [5.74, 6) is -2.84. The van der Waals surface area contributed by atoms with Crippen molar-refractivity contribution in [1.82, 2.24) is 10.6 Å². The van der Waals surface area contributed by atoms with Crippen molar-refractivity contribution in [2.24, 2.45) is 0 Å². The molecule has 0 aliphatic carbocycles. The number of rotatable bonds is 4. The molecular formula is C18H16ClF2N3O2. The lowest BCUT2D eigenvalue weighted by atomic mass is 10.1. The van der Waals surface area contributed by atoms with Gasteiger partial charge in [0.05, 0.1) is 17.1 Å². The van der Waals surface area contributed by atoms with E-state index in [2.05, 4.69) is 10.6 Å². The average molecular weight is 380 g/mol. The van der Waals surface area contributed by atoms with Gasteiger partial charge < -0.3 is 15.5 Å². The highest BCUT2D eigenvalue weighted by Crippen LogP contribution is 2.20. The Balaban J connectivity index is 1.62. The van der Waals surface area contributed by atoms with Gasteiger partial charge in [-0.25, -0.2) is 8.78 Å². The fraction of sp³-hybridized carbons (Fsp3) is 0.222. The van der Waals surface area contributed by atoms with E-state index in [4.69, 9.17) is 11.6 Å². The molecule has 1 heterocycles. The summed E-state index contributed by atoms with van der Waals surface area (Å²) in [6, 6.07) is 8.94. The second-order valence-electron chi connectivity index (χ2n) is 5.87. The second kappa shape index (κ2) is 7.70. The second-order valence-corrected chi connectivity index (χ2v) is 6.27. The minimum absolute atomic E-state index is 0.0176. The Labute approximate surface area is 153 Å². The number of halogens is 3. The van der Waals surface area contributed by atoms with Crippen molar-refractivity contribution in [2.45, 2.75) is 6.54 Å². The molecule has 2 aromatic rings. The third-order valence-corrected chi connectivity index (χ3v) is 4.36. The molecule has 0 aromatic heterocycles. The normalized spacial score (nSPS) is 14.1. The first-order valence-electron chi connectivity index (χ1n) is 7.97. The van der Waals surface area contributed by atoms with Crippen molar-refractivity contribution in [3.05, 3.63) is 64.2 Å². The van der Waals surface area contributed by atoms with Crippen LogP contribution in [0.1, 0.15) is 15.9 Å². The van der Waals surface area contributed by atoms with Crippen molar-refractivity contribution in [3.63, 3.8) is 0 Å². The Hall–Kier alpha value is -2.67. The maximum absolute atomic E-state index is 13.3. The molecule has 2 amide bonds. The fourth-order valence-electron chi connectivity index (χ4n) is 2.66. The highest BCUT2D eigenvalue weighted by atomic mass is 35.5. The van der Waals surface area contributed by atoms with E-state index in [1.165, 1.54) is 0 Å². The predicted molar refractivity (Wildman–Crippen MR) is 94.2 cm³/mol. The zero-order valence-electron chi connectivity index (χ0n) is 13.7. The van der Waals surface area contributed by atoms with Crippen molar-refractivity contribution < 1.29 is 18.4 Å². The van der Waals surface area contributed by atoms with E-state index in [1.54, 1.807) is 0 Å². The molecule has 0 bridgehead atoms. The minimum Gasteiger partial charge on any atom is -0.360 e. The van der Waals surface area contributed by atoms with Gasteiger partial charge in [0, 0.05) is 25.3 Å². The molecule has 1 fully saturated rings. The number of benzene rings is 2. The quantitative estimate of drug-likeness (QED) is 0.802. The topological polar surface area (TPSA) is 61.4 Å². The molecule has 8 heteroatoms. The average Bonchev–Trinajstić information content (AvgIpc) is 2.63. The number of carbonyl (C=O) groups excluding carboxylic acids is 2. The van der Waals surface area contributed by atoms with E-state index in [-0.39, 0.29) is 23.0 Å². The zero-order chi connectivity index (χ0) is 18.7. The maximum atomic E-state index is 13.3. The first kappa shape index (κ1) is 18.1. The molecule has 0 saturated carbocycles. The van der Waals surface area contributed by atoms with Gasteiger partial charge in [-0.15, -0.1) is 0 Å². The number of hydrogen-bond acceptors (Lipinski definition) is 3. The smallest absolute Gasteiger partial charge is 0.253 e. The number of amides is 2. The van der Waals surface area contributed by atoms with Crippen LogP contribution >= 0.6 is 11.6 Å². The number of nitrogens with zero attached hydrogens (tertiary/aromatic N) is 1. The Morgan fingerprint density at radius 1 is 1.19 bits per heavy atom. The van der Waals surface area contributed by atoms with E-state index in [1.807, 2.05) is 29.2 Å². The van der Waals surface area contributed by atoms with Crippen LogP contribution in [0.25, 0.3) is 0 Å². The number of piperazine rings is 1. The van der Waals surface area contributed by atoms with Crippen molar-refractivity contribution in [2.75, 3.05) is 24.5 Å². The molecule has 0 atom stereocenters. The van der Waals surface area contributed by atoms with Gasteiger partial charge in [0.2, 0.25) is 5.91 Å². The molecule has 26 heavy (non-hydrogen) atoms. The highest BCUT2D eigenvalue weighted by molar-refractivity contribution is 6.33. The summed E-state index contributed by atoms with van der Waals surface area (Å²) in [7, 11) is 0. The number of anilines is 1. The number of hydrogen-bond donors (Lipinski definition) is 2. The van der Waals surface area contributed by atoms with Crippen LogP contribution in [0.4, 0.5) is 14.5 Å². The molecule has 1 aliphatic rings. The lowest BCUT2D eigenvalue weighted by Gasteiger charge is -2.28. The van der Waals surface area contributed by atoms with Crippen LogP contribution in [-0.2, 0) is 11.3 Å². The molecule has 0 radical (unpaired) electrons. The lowest BCUT2D eigenvalue weighted by Crippen LogP contribution is -2.47. The summed E-state index contributed by atoms with van der Waals surface area (Å²) in [6.45, 7) is 1.85. The summed E-state index contributed by atoms with van der Waals surface area (Å²) < 4.78 is 26.4. The molecule has 2 N–H and O–H groups in total. The Bertz CT molecular complexity index is 843. The van der Waals surface area contributed by atoms with Gasteiger partial charge >= 0.3 is 0 Å². The van der Waals surface area contributed by atoms with Crippen molar-refractivity contribution in [3.8, 4) is 0 Å². The van der Waals surface area contributed by atoms with Gasteiger partial charge in [0.25, 0.3) is 5.91 Å². The van der Waals surface area contributed by atoms with Gasteiger partial charge in [0.1, 0.15) is 0 Å². The zero-order valence-corrected chi connectivity index (χ0v) is 14.4. The van der Waals surface area contributed by atoms with Crippen LogP contribution in [0.3, 0.4) is 0 Å². The monoisotopic (exact) mass is 379 g/mol. The van der Waals surface area contributed by atoms with Gasteiger partial charge in [-0.05, 0) is 29.8 Å². The summed E-state index contributed by atoms with van der Waals surface area (Å²) in [5.41, 5.74) is 1.61. The SMILES string of the molecule is O=C1CN(c2ccc(CNC(=O)c3cc(F)c(F)cc3Cl)cc2)CCN1. The predicted octanol–water partition coefficient (Wildman–Crippen LogP) is 2.48. The van der Waals surface area contributed by atoms with Crippen LogP contribution in [0.5, 0.6) is 0 Å². The minimum atomic E-state index is -1.13. The number of carbonyl (C=O) groups is 2. The summed E-state index contributed by atoms with van der Waals surface area (Å²) >= 11 is 5.79. The van der Waals surface area contributed by atoms with Crippen LogP contribution in [0, 0.1) is 11.6 Å². The summed E-state index contributed by atoms with van der Waals surface area (Å²) in [6.07, 6.45) is 0.